The summed E-state index contributed by atoms with van der Waals surface area (Å²) in [4.78, 5) is 8.51. The molecule has 0 saturated heterocycles. The van der Waals surface area contributed by atoms with E-state index in [-0.39, 0.29) is 32.9 Å². The summed E-state index contributed by atoms with van der Waals surface area (Å²) < 4.78 is 54.1. The number of rotatable bonds is 5. The van der Waals surface area contributed by atoms with Crippen molar-refractivity contribution in [1.82, 2.24) is 9.97 Å². The first-order valence-electron chi connectivity index (χ1n) is 7.60. The molecule has 0 spiro atoms. The zero-order valence-corrected chi connectivity index (χ0v) is 15.3. The Bertz CT molecular complexity index is 1150. The quantitative estimate of drug-likeness (QED) is 0.669. The van der Waals surface area contributed by atoms with Gasteiger partial charge in [0.15, 0.2) is 25.3 Å². The van der Waals surface area contributed by atoms with Gasteiger partial charge in [-0.25, -0.2) is 26.8 Å². The minimum absolute atomic E-state index is 0.0254. The van der Waals surface area contributed by atoms with Gasteiger partial charge in [0.2, 0.25) is 5.89 Å². The number of hydrogen-bond donors (Lipinski definition) is 0. The maximum absolute atomic E-state index is 12.2. The van der Waals surface area contributed by atoms with Crippen molar-refractivity contribution in [3.05, 3.63) is 36.5 Å². The Balaban J connectivity index is 2.19. The molecule has 132 valence electrons. The van der Waals surface area contributed by atoms with Crippen LogP contribution in [0.4, 0.5) is 0 Å². The lowest BCUT2D eigenvalue weighted by atomic mass is 10.3. The summed E-state index contributed by atoms with van der Waals surface area (Å²) in [5, 5.41) is 0. The van der Waals surface area contributed by atoms with E-state index in [0.717, 1.165) is 0 Å². The number of hydrogen-bond acceptors (Lipinski definition) is 7. The molecule has 9 heteroatoms. The molecular formula is C16H16N2O5S2. The van der Waals surface area contributed by atoms with Crippen molar-refractivity contribution < 1.29 is 21.3 Å². The van der Waals surface area contributed by atoms with Crippen LogP contribution in [0.25, 0.3) is 22.7 Å². The molecule has 0 amide bonds. The van der Waals surface area contributed by atoms with Gasteiger partial charge in [-0.3, -0.25) is 0 Å². The third-order valence-corrected chi connectivity index (χ3v) is 7.28. The molecule has 7 nitrogen and oxygen atoms in total. The van der Waals surface area contributed by atoms with Crippen molar-refractivity contribution in [3.63, 3.8) is 0 Å². The first kappa shape index (κ1) is 17.6. The molecule has 0 bridgehead atoms. The summed E-state index contributed by atoms with van der Waals surface area (Å²) in [7, 11) is -6.88. The molecule has 0 aliphatic heterocycles. The fourth-order valence-corrected chi connectivity index (χ4v) is 4.26. The van der Waals surface area contributed by atoms with Gasteiger partial charge in [0.05, 0.1) is 21.3 Å². The summed E-state index contributed by atoms with van der Waals surface area (Å²) in [6, 6.07) is 7.34. The molecule has 2 heterocycles. The smallest absolute Gasteiger partial charge is 0.247 e. The summed E-state index contributed by atoms with van der Waals surface area (Å²) in [5.41, 5.74) is 0.797. The van der Waals surface area contributed by atoms with Crippen molar-refractivity contribution in [2.24, 2.45) is 0 Å². The van der Waals surface area contributed by atoms with Crippen LogP contribution in [0.1, 0.15) is 13.8 Å². The maximum Gasteiger partial charge on any atom is 0.247 e. The van der Waals surface area contributed by atoms with E-state index in [1.807, 2.05) is 0 Å². The van der Waals surface area contributed by atoms with Gasteiger partial charge >= 0.3 is 0 Å². The first-order valence-corrected chi connectivity index (χ1v) is 10.9. The molecule has 25 heavy (non-hydrogen) atoms. The minimum atomic E-state index is -3.51. The fraction of sp³-hybridized carbons (Fsp3) is 0.250. The Kier molecular flexibility index (Phi) is 4.38. The van der Waals surface area contributed by atoms with Crippen LogP contribution in [-0.4, -0.2) is 38.3 Å². The normalized spacial score (nSPS) is 12.6. The monoisotopic (exact) mass is 380 g/mol. The number of sulfone groups is 2. The van der Waals surface area contributed by atoms with E-state index >= 15 is 0 Å². The predicted molar refractivity (Wildman–Crippen MR) is 92.7 cm³/mol. The molecule has 0 aliphatic carbocycles. The zero-order valence-electron chi connectivity index (χ0n) is 13.6. The van der Waals surface area contributed by atoms with Gasteiger partial charge in [-0.05, 0) is 30.3 Å². The summed E-state index contributed by atoms with van der Waals surface area (Å²) in [6.45, 7) is 3.10. The highest BCUT2D eigenvalue weighted by Gasteiger charge is 2.22. The summed E-state index contributed by atoms with van der Waals surface area (Å²) in [5.74, 6) is -0.0682. The molecule has 0 aliphatic rings. The summed E-state index contributed by atoms with van der Waals surface area (Å²) >= 11 is 0. The lowest BCUT2D eigenvalue weighted by molar-refractivity contribution is 0.591. The van der Waals surface area contributed by atoms with E-state index in [0.29, 0.717) is 11.1 Å². The second kappa shape index (κ2) is 6.23. The van der Waals surface area contributed by atoms with Gasteiger partial charge in [0, 0.05) is 6.20 Å². The Morgan fingerprint density at radius 1 is 1.00 bits per heavy atom. The highest BCUT2D eigenvalue weighted by atomic mass is 32.2. The molecule has 3 rings (SSSR count). The number of aromatic nitrogens is 2. The largest absolute Gasteiger partial charge is 0.435 e. The highest BCUT2D eigenvalue weighted by Crippen LogP contribution is 2.29. The number of fused-ring (bicyclic) bond motifs is 1. The molecule has 1 aromatic carbocycles. The Labute approximate surface area is 145 Å². The van der Waals surface area contributed by atoms with Crippen LogP contribution in [0.15, 0.2) is 50.7 Å². The van der Waals surface area contributed by atoms with Gasteiger partial charge in [-0.15, -0.1) is 0 Å². The maximum atomic E-state index is 12.2. The van der Waals surface area contributed by atoms with E-state index in [1.165, 1.54) is 36.5 Å². The Hall–Kier alpha value is -2.26. The molecule has 0 N–H and O–H groups in total. The molecule has 0 saturated carbocycles. The van der Waals surface area contributed by atoms with Crippen molar-refractivity contribution in [2.45, 2.75) is 23.6 Å². The van der Waals surface area contributed by atoms with Gasteiger partial charge in [0.25, 0.3) is 0 Å². The number of nitrogens with zero attached hydrogens (tertiary/aromatic N) is 2. The standard InChI is InChI=1S/C16H16N2O5S2/c1-3-24(19,20)11-7-8-13-12(10-11)18-16(23-13)15-14(6-5-9-17-15)25(21,22)4-2/h5-10H,3-4H2,1-2H3. The van der Waals surface area contributed by atoms with Crippen LogP contribution in [0.2, 0.25) is 0 Å². The van der Waals surface area contributed by atoms with Crippen molar-refractivity contribution in [1.29, 1.82) is 0 Å². The van der Waals surface area contributed by atoms with Gasteiger partial charge in [-0.2, -0.15) is 0 Å². The third-order valence-electron chi connectivity index (χ3n) is 3.79. The topological polar surface area (TPSA) is 107 Å². The second-order valence-corrected chi connectivity index (χ2v) is 9.83. The van der Waals surface area contributed by atoms with Crippen LogP contribution >= 0.6 is 0 Å². The summed E-state index contributed by atoms with van der Waals surface area (Å²) in [6.07, 6.45) is 1.45. The van der Waals surface area contributed by atoms with E-state index in [1.54, 1.807) is 13.8 Å². The predicted octanol–water partition coefficient (Wildman–Crippen LogP) is 2.48. The Morgan fingerprint density at radius 2 is 1.72 bits per heavy atom. The van der Waals surface area contributed by atoms with Crippen molar-refractivity contribution in [3.8, 4) is 11.6 Å². The number of oxazole rings is 1. The lowest BCUT2D eigenvalue weighted by Crippen LogP contribution is -2.06. The molecule has 0 fully saturated rings. The van der Waals surface area contributed by atoms with Gasteiger partial charge in [-0.1, -0.05) is 13.8 Å². The van der Waals surface area contributed by atoms with Gasteiger partial charge < -0.3 is 4.42 Å². The van der Waals surface area contributed by atoms with Crippen molar-refractivity contribution in [2.75, 3.05) is 11.5 Å². The first-order chi connectivity index (χ1) is 11.8. The van der Waals surface area contributed by atoms with Crippen LogP contribution in [0, 0.1) is 0 Å². The molecule has 0 radical (unpaired) electrons. The van der Waals surface area contributed by atoms with Crippen LogP contribution in [-0.2, 0) is 19.7 Å². The molecule has 2 aromatic heterocycles. The van der Waals surface area contributed by atoms with E-state index in [2.05, 4.69) is 9.97 Å². The number of benzene rings is 1. The molecule has 3 aromatic rings. The third kappa shape index (κ3) is 3.16. The van der Waals surface area contributed by atoms with Crippen molar-refractivity contribution >= 4 is 30.8 Å². The minimum Gasteiger partial charge on any atom is -0.435 e. The SMILES string of the molecule is CCS(=O)(=O)c1ccc2oc(-c3ncccc3S(=O)(=O)CC)nc2c1. The second-order valence-electron chi connectivity index (χ2n) is 5.31. The zero-order chi connectivity index (χ0) is 18.2. The average Bonchev–Trinajstić information content (AvgIpc) is 3.04. The molecule has 0 atom stereocenters. The van der Waals surface area contributed by atoms with Crippen LogP contribution in [0.5, 0.6) is 0 Å². The lowest BCUT2D eigenvalue weighted by Gasteiger charge is -2.04. The molecular weight excluding hydrogens is 364 g/mol. The van der Waals surface area contributed by atoms with E-state index < -0.39 is 19.7 Å². The van der Waals surface area contributed by atoms with Crippen LogP contribution in [0.3, 0.4) is 0 Å². The van der Waals surface area contributed by atoms with E-state index in [9.17, 15) is 16.8 Å². The highest BCUT2D eigenvalue weighted by molar-refractivity contribution is 7.91. The van der Waals surface area contributed by atoms with Gasteiger partial charge in [0.1, 0.15) is 11.2 Å². The number of pyridine rings is 1. The van der Waals surface area contributed by atoms with E-state index in [4.69, 9.17) is 4.42 Å². The average molecular weight is 380 g/mol. The van der Waals surface area contributed by atoms with Crippen LogP contribution < -0.4 is 0 Å². The fourth-order valence-electron chi connectivity index (χ4n) is 2.33. The Morgan fingerprint density at radius 3 is 2.40 bits per heavy atom. The molecule has 0 unspecified atom stereocenters.